The van der Waals surface area contributed by atoms with Crippen LogP contribution in [0.1, 0.15) is 40.5 Å². The number of carbonyl (C=O) groups is 2. The van der Waals surface area contributed by atoms with E-state index in [0.717, 1.165) is 4.90 Å². The molecule has 2 aliphatic rings. The normalized spacial score (nSPS) is 29.5. The van der Waals surface area contributed by atoms with Crippen molar-refractivity contribution in [2.75, 3.05) is 13.1 Å². The molecule has 0 aromatic carbocycles. The van der Waals surface area contributed by atoms with E-state index in [0.29, 0.717) is 19.2 Å². The number of amides is 1. The predicted octanol–water partition coefficient (Wildman–Crippen LogP) is 2.60. The first kappa shape index (κ1) is 20.3. The van der Waals surface area contributed by atoms with Crippen LogP contribution in [0.25, 0.3) is 10.4 Å². The molecule has 0 saturated carbocycles. The molecule has 10 nitrogen and oxygen atoms in total. The van der Waals surface area contributed by atoms with Gasteiger partial charge in [-0.1, -0.05) is 11.5 Å². The van der Waals surface area contributed by atoms with Crippen molar-refractivity contribution in [1.82, 2.24) is 4.90 Å². The van der Waals surface area contributed by atoms with Crippen molar-refractivity contribution in [3.63, 3.8) is 0 Å². The third-order valence-electron chi connectivity index (χ3n) is 5.71. The molecule has 144 valence electrons. The minimum absolute atomic E-state index is 0.0179. The van der Waals surface area contributed by atoms with Crippen molar-refractivity contribution >= 4 is 19.2 Å². The van der Waals surface area contributed by atoms with E-state index in [1.54, 1.807) is 0 Å². The molecule has 0 aromatic rings. The number of hydrogen-bond acceptors (Lipinski definition) is 5. The quantitative estimate of drug-likeness (QED) is 0.319. The van der Waals surface area contributed by atoms with Crippen LogP contribution in [0.3, 0.4) is 0 Å². The first-order valence-electron chi connectivity index (χ1n) is 8.58. The van der Waals surface area contributed by atoms with Gasteiger partial charge in [0.25, 0.3) is 0 Å². The monoisotopic (exact) mass is 368 g/mol. The van der Waals surface area contributed by atoms with Gasteiger partial charge in [0, 0.05) is 23.9 Å². The molecule has 0 radical (unpaired) electrons. The van der Waals surface area contributed by atoms with Crippen LogP contribution >= 0.6 is 0 Å². The Morgan fingerprint density at radius 1 is 1.27 bits per heavy atom. The molecule has 0 bridgehead atoms. The molecule has 2 saturated heterocycles. The third kappa shape index (κ3) is 3.60. The van der Waals surface area contributed by atoms with Crippen LogP contribution in [0.15, 0.2) is 5.11 Å². The summed E-state index contributed by atoms with van der Waals surface area (Å²) in [7, 11) is -0.407. The number of carboxylic acid groups (broad SMARTS) is 2. The van der Waals surface area contributed by atoms with E-state index in [-0.39, 0.29) is 13.1 Å². The molecule has 2 N–H and O–H groups in total. The lowest BCUT2D eigenvalue weighted by Gasteiger charge is -2.32. The van der Waals surface area contributed by atoms with E-state index in [1.165, 1.54) is 0 Å². The Hall–Kier alpha value is -1.97. The Kier molecular flexibility index (Phi) is 5.46. The first-order valence-corrected chi connectivity index (χ1v) is 8.58. The van der Waals surface area contributed by atoms with Crippen LogP contribution in [0, 0.1) is 5.92 Å². The molecule has 0 aliphatic carbocycles. The molecule has 11 heteroatoms. The van der Waals surface area contributed by atoms with E-state index in [1.807, 2.05) is 27.7 Å². The highest BCUT2D eigenvalue weighted by Gasteiger charge is 2.54. The number of nitrogens with zero attached hydrogens (tertiary/aromatic N) is 4. The minimum atomic E-state index is -1.77. The van der Waals surface area contributed by atoms with E-state index < -0.39 is 41.8 Å². The molecule has 2 fully saturated rings. The molecule has 2 aliphatic heterocycles. The SMILES string of the molecule is CC1(C)OB(CCCC2CN(C(=O)O)CC2(N=[N+]=[N-])C(=O)O)OC1(C)C. The molecular formula is C15H25BN4O6. The van der Waals surface area contributed by atoms with Crippen molar-refractivity contribution < 1.29 is 29.1 Å². The van der Waals surface area contributed by atoms with Gasteiger partial charge in [0.05, 0.1) is 11.2 Å². The summed E-state index contributed by atoms with van der Waals surface area (Å²) in [5, 5.41) is 22.2. The average Bonchev–Trinajstić information content (AvgIpc) is 2.96. The second-order valence-electron chi connectivity index (χ2n) is 7.90. The number of aliphatic carboxylic acids is 1. The fraction of sp³-hybridized carbons (Fsp3) is 0.867. The zero-order valence-electron chi connectivity index (χ0n) is 15.5. The Bertz CT molecular complexity index is 616. The standard InChI is InChI=1S/C15H25BN4O6/c1-13(2)14(3,4)26-16(25-13)7-5-6-10-8-20(12(23)24)9-15(10,11(21)22)18-19-17/h10H,5-9H2,1-4H3,(H,21,22)(H,23,24). The van der Waals surface area contributed by atoms with Gasteiger partial charge in [-0.05, 0) is 46.0 Å². The number of likely N-dealkylation sites (tertiary alicyclic amines) is 1. The highest BCUT2D eigenvalue weighted by atomic mass is 16.7. The van der Waals surface area contributed by atoms with Crippen LogP contribution in [-0.2, 0) is 14.1 Å². The van der Waals surface area contributed by atoms with Crippen LogP contribution in [0.5, 0.6) is 0 Å². The fourth-order valence-corrected chi connectivity index (χ4v) is 3.47. The summed E-state index contributed by atoms with van der Waals surface area (Å²) in [6.45, 7) is 7.47. The first-order chi connectivity index (χ1) is 11.9. The van der Waals surface area contributed by atoms with Gasteiger partial charge in [-0.25, -0.2) is 4.79 Å². The van der Waals surface area contributed by atoms with Gasteiger partial charge in [-0.15, -0.1) is 0 Å². The summed E-state index contributed by atoms with van der Waals surface area (Å²) >= 11 is 0. The molecule has 0 spiro atoms. The lowest BCUT2D eigenvalue weighted by Crippen LogP contribution is -2.44. The lowest BCUT2D eigenvalue weighted by molar-refractivity contribution is -0.144. The molecule has 2 atom stereocenters. The van der Waals surface area contributed by atoms with Gasteiger partial charge in [0.2, 0.25) is 0 Å². The number of azide groups is 1. The summed E-state index contributed by atoms with van der Waals surface area (Å²) in [5.41, 5.74) is 6.12. The molecule has 2 unspecified atom stereocenters. The maximum absolute atomic E-state index is 11.7. The molecule has 2 rings (SSSR count). The molecule has 1 amide bonds. The summed E-state index contributed by atoms with van der Waals surface area (Å²) in [4.78, 5) is 26.6. The minimum Gasteiger partial charge on any atom is -0.481 e. The highest BCUT2D eigenvalue weighted by Crippen LogP contribution is 2.40. The molecule has 0 aromatic heterocycles. The van der Waals surface area contributed by atoms with Gasteiger partial charge >= 0.3 is 19.2 Å². The Balaban J connectivity index is 2.04. The fourth-order valence-electron chi connectivity index (χ4n) is 3.47. The van der Waals surface area contributed by atoms with Crippen molar-refractivity contribution in [2.24, 2.45) is 11.0 Å². The topological polar surface area (TPSA) is 145 Å². The van der Waals surface area contributed by atoms with Crippen LogP contribution in [-0.4, -0.2) is 64.1 Å². The Morgan fingerprint density at radius 2 is 1.85 bits per heavy atom. The van der Waals surface area contributed by atoms with E-state index >= 15 is 0 Å². The molecular weight excluding hydrogens is 343 g/mol. The number of hydrogen-bond donors (Lipinski definition) is 2. The van der Waals surface area contributed by atoms with Crippen molar-refractivity contribution in [2.45, 2.75) is 63.6 Å². The van der Waals surface area contributed by atoms with Gasteiger partial charge in [-0.2, -0.15) is 0 Å². The highest BCUT2D eigenvalue weighted by molar-refractivity contribution is 6.45. The zero-order valence-corrected chi connectivity index (χ0v) is 15.5. The van der Waals surface area contributed by atoms with Gasteiger partial charge in [0.1, 0.15) is 0 Å². The number of carboxylic acids is 1. The summed E-state index contributed by atoms with van der Waals surface area (Å²) in [5.74, 6) is -1.91. The van der Waals surface area contributed by atoms with Gasteiger partial charge in [-0.3, -0.25) is 4.79 Å². The third-order valence-corrected chi connectivity index (χ3v) is 5.71. The summed E-state index contributed by atoms with van der Waals surface area (Å²) < 4.78 is 11.8. The summed E-state index contributed by atoms with van der Waals surface area (Å²) in [6.07, 6.45) is 0.268. The lowest BCUT2D eigenvalue weighted by atomic mass is 9.78. The Morgan fingerprint density at radius 3 is 2.31 bits per heavy atom. The van der Waals surface area contributed by atoms with E-state index in [2.05, 4.69) is 10.0 Å². The maximum atomic E-state index is 11.7. The van der Waals surface area contributed by atoms with Crippen LogP contribution in [0.4, 0.5) is 4.79 Å². The Labute approximate surface area is 152 Å². The van der Waals surface area contributed by atoms with Crippen molar-refractivity contribution in [3.05, 3.63) is 10.4 Å². The van der Waals surface area contributed by atoms with Gasteiger partial charge in [0.15, 0.2) is 5.54 Å². The molecule has 2 heterocycles. The van der Waals surface area contributed by atoms with Crippen LogP contribution in [0.2, 0.25) is 6.32 Å². The van der Waals surface area contributed by atoms with E-state index in [9.17, 15) is 19.8 Å². The van der Waals surface area contributed by atoms with Crippen molar-refractivity contribution in [1.29, 1.82) is 0 Å². The van der Waals surface area contributed by atoms with Crippen molar-refractivity contribution in [3.8, 4) is 0 Å². The maximum Gasteiger partial charge on any atom is 0.457 e. The average molecular weight is 368 g/mol. The zero-order chi connectivity index (χ0) is 19.8. The second kappa shape index (κ2) is 6.98. The summed E-state index contributed by atoms with van der Waals surface area (Å²) in [6, 6.07) is 0. The second-order valence-corrected chi connectivity index (χ2v) is 7.90. The van der Waals surface area contributed by atoms with E-state index in [4.69, 9.17) is 14.8 Å². The largest absolute Gasteiger partial charge is 0.481 e. The van der Waals surface area contributed by atoms with Gasteiger partial charge < -0.3 is 24.4 Å². The predicted molar refractivity (Wildman–Crippen MR) is 92.7 cm³/mol. The smallest absolute Gasteiger partial charge is 0.457 e. The molecule has 26 heavy (non-hydrogen) atoms. The number of rotatable bonds is 6. The van der Waals surface area contributed by atoms with Crippen LogP contribution < -0.4 is 0 Å².